The van der Waals surface area contributed by atoms with Gasteiger partial charge < -0.3 is 10.6 Å². The minimum atomic E-state index is 0.588. The van der Waals surface area contributed by atoms with Gasteiger partial charge in [0.1, 0.15) is 5.82 Å². The lowest BCUT2D eigenvalue weighted by Gasteiger charge is -2.10. The van der Waals surface area contributed by atoms with Gasteiger partial charge in [0, 0.05) is 24.5 Å². The number of nitrogens with one attached hydrogen (secondary N) is 2. The summed E-state index contributed by atoms with van der Waals surface area (Å²) in [5.74, 6) is 1.32. The van der Waals surface area contributed by atoms with Crippen LogP contribution in [0.25, 0.3) is 11.4 Å². The van der Waals surface area contributed by atoms with Crippen molar-refractivity contribution in [1.29, 1.82) is 0 Å². The van der Waals surface area contributed by atoms with Crippen LogP contribution in [0.2, 0.25) is 0 Å². The SMILES string of the molecule is CCNc1nc(Nc2ccc(C)cc2)cc(-c2ccccn2)n1. The molecule has 0 aliphatic rings. The Morgan fingerprint density at radius 3 is 2.48 bits per heavy atom. The first-order chi connectivity index (χ1) is 11.2. The van der Waals surface area contributed by atoms with Gasteiger partial charge >= 0.3 is 0 Å². The molecule has 116 valence electrons. The van der Waals surface area contributed by atoms with Crippen LogP contribution in [0.1, 0.15) is 12.5 Å². The van der Waals surface area contributed by atoms with Crippen LogP contribution >= 0.6 is 0 Å². The summed E-state index contributed by atoms with van der Waals surface area (Å²) in [6, 6.07) is 15.9. The number of rotatable bonds is 5. The van der Waals surface area contributed by atoms with E-state index in [1.165, 1.54) is 5.56 Å². The Morgan fingerprint density at radius 2 is 1.78 bits per heavy atom. The standard InChI is InChI=1S/C18H19N5/c1-3-19-18-22-16(15-6-4-5-11-20-15)12-17(23-18)21-14-9-7-13(2)8-10-14/h4-12H,3H2,1-2H3,(H2,19,21,22,23). The smallest absolute Gasteiger partial charge is 0.225 e. The molecule has 0 saturated heterocycles. The number of benzene rings is 1. The second-order valence-electron chi connectivity index (χ2n) is 5.20. The van der Waals surface area contributed by atoms with Crippen LogP contribution in [-0.2, 0) is 0 Å². The third kappa shape index (κ3) is 3.83. The predicted octanol–water partition coefficient (Wildman–Crippen LogP) is 4.02. The van der Waals surface area contributed by atoms with E-state index in [0.717, 1.165) is 29.4 Å². The minimum absolute atomic E-state index is 0.588. The fourth-order valence-electron chi connectivity index (χ4n) is 2.18. The van der Waals surface area contributed by atoms with Gasteiger partial charge in [-0.1, -0.05) is 23.8 Å². The Bertz CT molecular complexity index is 769. The van der Waals surface area contributed by atoms with Gasteiger partial charge in [-0.15, -0.1) is 0 Å². The Morgan fingerprint density at radius 1 is 0.957 bits per heavy atom. The van der Waals surface area contributed by atoms with E-state index in [1.54, 1.807) is 6.20 Å². The molecule has 0 atom stereocenters. The zero-order valence-electron chi connectivity index (χ0n) is 13.2. The first-order valence-corrected chi connectivity index (χ1v) is 7.62. The molecule has 5 nitrogen and oxygen atoms in total. The predicted molar refractivity (Wildman–Crippen MR) is 93.9 cm³/mol. The van der Waals surface area contributed by atoms with Crippen LogP contribution < -0.4 is 10.6 Å². The molecule has 2 aromatic heterocycles. The Labute approximate surface area is 135 Å². The Balaban J connectivity index is 1.95. The van der Waals surface area contributed by atoms with Crippen LogP contribution in [0.5, 0.6) is 0 Å². The van der Waals surface area contributed by atoms with Crippen LogP contribution in [-0.4, -0.2) is 21.5 Å². The fourth-order valence-corrected chi connectivity index (χ4v) is 2.18. The number of hydrogen-bond acceptors (Lipinski definition) is 5. The third-order valence-corrected chi connectivity index (χ3v) is 3.31. The van der Waals surface area contributed by atoms with E-state index in [1.807, 2.05) is 43.3 Å². The van der Waals surface area contributed by atoms with E-state index in [9.17, 15) is 0 Å². The van der Waals surface area contributed by atoms with Crippen molar-refractivity contribution in [1.82, 2.24) is 15.0 Å². The van der Waals surface area contributed by atoms with Crippen molar-refractivity contribution in [3.63, 3.8) is 0 Å². The first kappa shape index (κ1) is 15.0. The van der Waals surface area contributed by atoms with E-state index in [2.05, 4.69) is 44.6 Å². The summed E-state index contributed by atoms with van der Waals surface area (Å²) >= 11 is 0. The Kier molecular flexibility index (Phi) is 4.47. The molecule has 1 aromatic carbocycles. The number of hydrogen-bond donors (Lipinski definition) is 2. The van der Waals surface area contributed by atoms with Crippen molar-refractivity contribution in [2.45, 2.75) is 13.8 Å². The van der Waals surface area contributed by atoms with Crippen molar-refractivity contribution in [2.75, 3.05) is 17.2 Å². The maximum absolute atomic E-state index is 4.52. The van der Waals surface area contributed by atoms with E-state index < -0.39 is 0 Å². The van der Waals surface area contributed by atoms with Gasteiger partial charge in [-0.05, 0) is 38.1 Å². The van der Waals surface area contributed by atoms with Gasteiger partial charge in [-0.3, -0.25) is 4.98 Å². The normalized spacial score (nSPS) is 10.3. The fraction of sp³-hybridized carbons (Fsp3) is 0.167. The zero-order chi connectivity index (χ0) is 16.1. The lowest BCUT2D eigenvalue weighted by molar-refractivity contribution is 1.08. The second kappa shape index (κ2) is 6.87. The van der Waals surface area contributed by atoms with Crippen LogP contribution in [0.15, 0.2) is 54.7 Å². The van der Waals surface area contributed by atoms with Crippen molar-refractivity contribution < 1.29 is 0 Å². The molecule has 0 aliphatic heterocycles. The minimum Gasteiger partial charge on any atom is -0.354 e. The highest BCUT2D eigenvalue weighted by atomic mass is 15.1. The summed E-state index contributed by atoms with van der Waals surface area (Å²) in [6.07, 6.45) is 1.76. The second-order valence-corrected chi connectivity index (χ2v) is 5.20. The van der Waals surface area contributed by atoms with Crippen LogP contribution in [0.3, 0.4) is 0 Å². The third-order valence-electron chi connectivity index (χ3n) is 3.31. The van der Waals surface area contributed by atoms with Crippen molar-refractivity contribution in [3.05, 3.63) is 60.3 Å². The molecule has 2 heterocycles. The highest BCUT2D eigenvalue weighted by Gasteiger charge is 2.07. The molecule has 23 heavy (non-hydrogen) atoms. The van der Waals surface area contributed by atoms with Crippen LogP contribution in [0, 0.1) is 6.92 Å². The number of nitrogens with zero attached hydrogens (tertiary/aromatic N) is 3. The summed E-state index contributed by atoms with van der Waals surface area (Å²) in [5.41, 5.74) is 3.82. The van der Waals surface area contributed by atoms with Gasteiger partial charge in [0.25, 0.3) is 0 Å². The van der Waals surface area contributed by atoms with E-state index >= 15 is 0 Å². The molecule has 0 spiro atoms. The van der Waals surface area contributed by atoms with Crippen LogP contribution in [0.4, 0.5) is 17.5 Å². The molecular weight excluding hydrogens is 286 g/mol. The van der Waals surface area contributed by atoms with Crippen molar-refractivity contribution in [2.24, 2.45) is 0 Å². The van der Waals surface area contributed by atoms with Gasteiger partial charge in [0.2, 0.25) is 5.95 Å². The number of aromatic nitrogens is 3. The summed E-state index contributed by atoms with van der Waals surface area (Å²) in [6.45, 7) is 4.84. The maximum atomic E-state index is 4.52. The molecule has 5 heteroatoms. The van der Waals surface area contributed by atoms with Crippen molar-refractivity contribution >= 4 is 17.5 Å². The zero-order valence-corrected chi connectivity index (χ0v) is 13.2. The highest BCUT2D eigenvalue weighted by Crippen LogP contribution is 2.22. The van der Waals surface area contributed by atoms with Gasteiger partial charge in [-0.25, -0.2) is 4.98 Å². The van der Waals surface area contributed by atoms with E-state index in [0.29, 0.717) is 5.95 Å². The average molecular weight is 305 g/mol. The monoisotopic (exact) mass is 305 g/mol. The average Bonchev–Trinajstić information content (AvgIpc) is 2.58. The molecule has 0 aliphatic carbocycles. The molecule has 0 bridgehead atoms. The van der Waals surface area contributed by atoms with Gasteiger partial charge in [0.15, 0.2) is 0 Å². The van der Waals surface area contributed by atoms with Gasteiger partial charge in [-0.2, -0.15) is 4.98 Å². The molecule has 0 saturated carbocycles. The molecule has 0 radical (unpaired) electrons. The summed E-state index contributed by atoms with van der Waals surface area (Å²) in [5, 5.41) is 6.48. The molecular formula is C18H19N5. The van der Waals surface area contributed by atoms with E-state index in [-0.39, 0.29) is 0 Å². The van der Waals surface area contributed by atoms with Crippen molar-refractivity contribution in [3.8, 4) is 11.4 Å². The molecule has 0 fully saturated rings. The Hall–Kier alpha value is -2.95. The first-order valence-electron chi connectivity index (χ1n) is 7.62. The number of anilines is 3. The summed E-state index contributed by atoms with van der Waals surface area (Å²) in [7, 11) is 0. The lowest BCUT2D eigenvalue weighted by atomic mass is 10.2. The molecule has 3 rings (SSSR count). The molecule has 0 unspecified atom stereocenters. The largest absolute Gasteiger partial charge is 0.354 e. The topological polar surface area (TPSA) is 62.7 Å². The number of pyridine rings is 1. The molecule has 0 amide bonds. The van der Waals surface area contributed by atoms with Gasteiger partial charge in [0.05, 0.1) is 11.4 Å². The number of aryl methyl sites for hydroxylation is 1. The quantitative estimate of drug-likeness (QED) is 0.745. The summed E-state index contributed by atoms with van der Waals surface area (Å²) < 4.78 is 0. The summed E-state index contributed by atoms with van der Waals surface area (Å²) in [4.78, 5) is 13.4. The molecule has 3 aromatic rings. The highest BCUT2D eigenvalue weighted by molar-refractivity contribution is 5.65. The lowest BCUT2D eigenvalue weighted by Crippen LogP contribution is -2.05. The van der Waals surface area contributed by atoms with E-state index in [4.69, 9.17) is 0 Å². The molecule has 2 N–H and O–H groups in total. The maximum Gasteiger partial charge on any atom is 0.225 e.